The summed E-state index contributed by atoms with van der Waals surface area (Å²) in [6.45, 7) is 1.24. The summed E-state index contributed by atoms with van der Waals surface area (Å²) in [6, 6.07) is 5.74. The van der Waals surface area contributed by atoms with Crippen LogP contribution in [0.25, 0.3) is 0 Å². The van der Waals surface area contributed by atoms with Crippen LogP contribution >= 0.6 is 0 Å². The Morgan fingerprint density at radius 3 is 2.67 bits per heavy atom. The lowest BCUT2D eigenvalue weighted by Gasteiger charge is -2.25. The molecule has 0 saturated heterocycles. The third-order valence-corrected chi connectivity index (χ3v) is 2.77. The van der Waals surface area contributed by atoms with E-state index in [2.05, 4.69) is 0 Å². The first-order valence-corrected chi connectivity index (χ1v) is 5.87. The van der Waals surface area contributed by atoms with E-state index in [1.165, 1.54) is 0 Å². The summed E-state index contributed by atoms with van der Waals surface area (Å²) in [4.78, 5) is 1.95. The Labute approximate surface area is 108 Å². The van der Waals surface area contributed by atoms with Gasteiger partial charge in [0.05, 0.1) is 19.8 Å². The van der Waals surface area contributed by atoms with Gasteiger partial charge in [-0.2, -0.15) is 0 Å². The second kappa shape index (κ2) is 7.20. The van der Waals surface area contributed by atoms with Crippen LogP contribution in [0.4, 0.5) is 5.69 Å². The van der Waals surface area contributed by atoms with Gasteiger partial charge in [-0.25, -0.2) is 0 Å². The zero-order valence-corrected chi connectivity index (χ0v) is 11.2. The number of anilines is 1. The number of benzene rings is 1. The van der Waals surface area contributed by atoms with Crippen LogP contribution < -0.4 is 15.4 Å². The van der Waals surface area contributed by atoms with Gasteiger partial charge in [-0.1, -0.05) is 6.07 Å². The predicted octanol–water partition coefficient (Wildman–Crippen LogP) is 0.597. The van der Waals surface area contributed by atoms with Gasteiger partial charge in [-0.15, -0.1) is 0 Å². The molecule has 1 rings (SSSR count). The Morgan fingerprint density at radius 2 is 2.11 bits per heavy atom. The number of rotatable bonds is 7. The molecule has 5 heteroatoms. The largest absolute Gasteiger partial charge is 0.497 e. The van der Waals surface area contributed by atoms with E-state index in [9.17, 15) is 5.11 Å². The van der Waals surface area contributed by atoms with Crippen molar-refractivity contribution >= 4 is 5.69 Å². The molecule has 0 fully saturated rings. The van der Waals surface area contributed by atoms with Crippen molar-refractivity contribution in [3.63, 3.8) is 0 Å². The number of hydrogen-bond acceptors (Lipinski definition) is 5. The van der Waals surface area contributed by atoms with Crippen LogP contribution in [0.3, 0.4) is 0 Å². The van der Waals surface area contributed by atoms with Crippen LogP contribution in [-0.2, 0) is 11.3 Å². The normalized spacial score (nSPS) is 12.3. The van der Waals surface area contributed by atoms with Crippen molar-refractivity contribution in [3.05, 3.63) is 23.8 Å². The van der Waals surface area contributed by atoms with E-state index in [0.29, 0.717) is 19.7 Å². The van der Waals surface area contributed by atoms with Crippen molar-refractivity contribution in [2.75, 3.05) is 39.3 Å². The molecule has 1 aromatic rings. The number of likely N-dealkylation sites (N-methyl/N-ethyl adjacent to an activating group) is 1. The second-order valence-electron chi connectivity index (χ2n) is 4.19. The van der Waals surface area contributed by atoms with Crippen LogP contribution in [0, 0.1) is 0 Å². The Bertz CT molecular complexity index is 371. The van der Waals surface area contributed by atoms with Gasteiger partial charge in [0.15, 0.2) is 0 Å². The molecule has 0 heterocycles. The lowest BCUT2D eigenvalue weighted by molar-refractivity contribution is 0.0695. The number of hydrogen-bond donors (Lipinski definition) is 2. The molecule has 0 aromatic heterocycles. The number of aliphatic hydroxyl groups is 1. The number of nitrogens with two attached hydrogens (primary N) is 1. The molecule has 0 radical (unpaired) electrons. The van der Waals surface area contributed by atoms with Crippen LogP contribution in [0.2, 0.25) is 0 Å². The maximum atomic E-state index is 9.74. The summed E-state index contributed by atoms with van der Waals surface area (Å²) in [6.07, 6.45) is -0.531. The maximum Gasteiger partial charge on any atom is 0.120 e. The van der Waals surface area contributed by atoms with Crippen molar-refractivity contribution in [1.29, 1.82) is 0 Å². The highest BCUT2D eigenvalue weighted by atomic mass is 16.5. The molecule has 102 valence electrons. The summed E-state index contributed by atoms with van der Waals surface area (Å²) >= 11 is 0. The molecule has 0 aliphatic heterocycles. The molecule has 1 unspecified atom stereocenters. The topological polar surface area (TPSA) is 68.0 Å². The minimum Gasteiger partial charge on any atom is -0.497 e. The second-order valence-corrected chi connectivity index (χ2v) is 4.19. The molecule has 18 heavy (non-hydrogen) atoms. The van der Waals surface area contributed by atoms with Crippen molar-refractivity contribution in [2.24, 2.45) is 5.73 Å². The molecule has 1 aromatic carbocycles. The van der Waals surface area contributed by atoms with Crippen LogP contribution in [0.1, 0.15) is 5.56 Å². The van der Waals surface area contributed by atoms with Gasteiger partial charge in [-0.05, 0) is 11.6 Å². The van der Waals surface area contributed by atoms with Gasteiger partial charge in [0.1, 0.15) is 5.75 Å². The Morgan fingerprint density at radius 1 is 1.39 bits per heavy atom. The van der Waals surface area contributed by atoms with Crippen molar-refractivity contribution in [1.82, 2.24) is 0 Å². The molecule has 0 saturated carbocycles. The number of methoxy groups -OCH3 is 2. The fourth-order valence-corrected chi connectivity index (χ4v) is 1.86. The van der Waals surface area contributed by atoms with Gasteiger partial charge in [0, 0.05) is 39.0 Å². The highest BCUT2D eigenvalue weighted by molar-refractivity contribution is 5.57. The Kier molecular flexibility index (Phi) is 5.91. The zero-order chi connectivity index (χ0) is 13.5. The van der Waals surface area contributed by atoms with Gasteiger partial charge in [0.25, 0.3) is 0 Å². The summed E-state index contributed by atoms with van der Waals surface area (Å²) in [5.41, 5.74) is 7.70. The van der Waals surface area contributed by atoms with E-state index in [-0.39, 0.29) is 0 Å². The van der Waals surface area contributed by atoms with Crippen LogP contribution in [0.5, 0.6) is 5.75 Å². The van der Waals surface area contributed by atoms with Crippen molar-refractivity contribution < 1.29 is 14.6 Å². The SMILES string of the molecule is COCC(O)CN(C)c1cc(OC)ccc1CN. The molecular weight excluding hydrogens is 232 g/mol. The van der Waals surface area contributed by atoms with Gasteiger partial charge < -0.3 is 25.2 Å². The van der Waals surface area contributed by atoms with Crippen LogP contribution in [-0.4, -0.2) is 45.6 Å². The minimum atomic E-state index is -0.531. The van der Waals surface area contributed by atoms with E-state index in [0.717, 1.165) is 17.0 Å². The molecule has 0 spiro atoms. The number of nitrogens with zero attached hydrogens (tertiary/aromatic N) is 1. The summed E-state index contributed by atoms with van der Waals surface area (Å²) in [5.74, 6) is 0.773. The number of ether oxygens (including phenoxy) is 2. The Hall–Kier alpha value is -1.30. The van der Waals surface area contributed by atoms with Gasteiger partial charge >= 0.3 is 0 Å². The Balaban J connectivity index is 2.85. The lowest BCUT2D eigenvalue weighted by Crippen LogP contribution is -2.32. The van der Waals surface area contributed by atoms with Crippen molar-refractivity contribution in [2.45, 2.75) is 12.6 Å². The molecule has 0 bridgehead atoms. The van der Waals surface area contributed by atoms with Crippen LogP contribution in [0.15, 0.2) is 18.2 Å². The quantitative estimate of drug-likeness (QED) is 0.745. The monoisotopic (exact) mass is 254 g/mol. The fourth-order valence-electron chi connectivity index (χ4n) is 1.86. The van der Waals surface area contributed by atoms with Gasteiger partial charge in [0.2, 0.25) is 0 Å². The van der Waals surface area contributed by atoms with E-state index in [1.54, 1.807) is 14.2 Å². The highest BCUT2D eigenvalue weighted by Crippen LogP contribution is 2.25. The third kappa shape index (κ3) is 3.87. The average Bonchev–Trinajstić information content (AvgIpc) is 2.38. The fraction of sp³-hybridized carbons (Fsp3) is 0.538. The third-order valence-electron chi connectivity index (χ3n) is 2.77. The van der Waals surface area contributed by atoms with Gasteiger partial charge in [-0.3, -0.25) is 0 Å². The first-order chi connectivity index (χ1) is 8.62. The lowest BCUT2D eigenvalue weighted by atomic mass is 10.1. The average molecular weight is 254 g/mol. The van der Waals surface area contributed by atoms with E-state index < -0.39 is 6.10 Å². The minimum absolute atomic E-state index is 0.312. The molecule has 5 nitrogen and oxygen atoms in total. The standard InChI is InChI=1S/C13H22N2O3/c1-15(8-11(16)9-17-2)13-6-12(18-3)5-4-10(13)7-14/h4-6,11,16H,7-9,14H2,1-3H3. The van der Waals surface area contributed by atoms with E-state index >= 15 is 0 Å². The highest BCUT2D eigenvalue weighted by Gasteiger charge is 2.12. The predicted molar refractivity (Wildman–Crippen MR) is 72.0 cm³/mol. The van der Waals surface area contributed by atoms with E-state index in [4.69, 9.17) is 15.2 Å². The molecule has 0 aliphatic carbocycles. The maximum absolute atomic E-state index is 9.74. The molecule has 1 atom stereocenters. The molecule has 0 aliphatic rings. The summed E-state index contributed by atoms with van der Waals surface area (Å²) in [7, 11) is 5.11. The zero-order valence-electron chi connectivity index (χ0n) is 11.2. The summed E-state index contributed by atoms with van der Waals surface area (Å²) in [5, 5.41) is 9.74. The molecular formula is C13H22N2O3. The molecule has 0 amide bonds. The summed E-state index contributed by atoms with van der Waals surface area (Å²) < 4.78 is 10.1. The number of aliphatic hydroxyl groups excluding tert-OH is 1. The first-order valence-electron chi connectivity index (χ1n) is 5.87. The van der Waals surface area contributed by atoms with E-state index in [1.807, 2.05) is 30.1 Å². The smallest absolute Gasteiger partial charge is 0.120 e. The van der Waals surface area contributed by atoms with Crippen molar-refractivity contribution in [3.8, 4) is 5.75 Å². The first kappa shape index (κ1) is 14.8. The molecule has 3 N–H and O–H groups in total.